The summed E-state index contributed by atoms with van der Waals surface area (Å²) in [6.07, 6.45) is 4.97. The van der Waals surface area contributed by atoms with Crippen LogP contribution in [-0.2, 0) is 9.59 Å². The van der Waals surface area contributed by atoms with Crippen LogP contribution in [0.25, 0.3) is 0 Å². The van der Waals surface area contributed by atoms with Gasteiger partial charge in [0, 0.05) is 57.8 Å². The number of piperidine rings is 1. The van der Waals surface area contributed by atoms with Gasteiger partial charge in [-0.05, 0) is 62.5 Å². The standard InChI is InChI=1S/C29H49F2N7O2/c1-4-28-12-19(30)16-36(3)22(13-29(28,5-2)17-28)23(25(32)33)26(39)35-21-15-34-14-20(31)24(21)37-8-10-38(11-9-37)27(40)18-6-7-18/h12,18,20-25,34H,4-11,13-17,32-33H2,1-3H3,(H,35,39). The molecule has 7 unspecified atom stereocenters. The van der Waals surface area contributed by atoms with Gasteiger partial charge in [0.1, 0.15) is 12.0 Å². The van der Waals surface area contributed by atoms with Crippen LogP contribution in [0.4, 0.5) is 8.78 Å². The lowest BCUT2D eigenvalue weighted by molar-refractivity contribution is -0.135. The van der Waals surface area contributed by atoms with Crippen molar-refractivity contribution in [2.45, 2.75) is 82.8 Å². The van der Waals surface area contributed by atoms with Gasteiger partial charge in [-0.15, -0.1) is 0 Å². The number of hydrogen-bond acceptors (Lipinski definition) is 7. The van der Waals surface area contributed by atoms with E-state index in [0.717, 1.165) is 32.1 Å². The molecule has 0 aromatic heterocycles. The van der Waals surface area contributed by atoms with Gasteiger partial charge in [0.05, 0.1) is 24.2 Å². The lowest BCUT2D eigenvalue weighted by Crippen LogP contribution is -2.69. The number of likely N-dealkylation sites (N-methyl/N-ethyl adjacent to an activating group) is 1. The largest absolute Gasteiger partial charge is 0.350 e. The Morgan fingerprint density at radius 2 is 1.85 bits per heavy atom. The van der Waals surface area contributed by atoms with Crippen LogP contribution in [0.3, 0.4) is 0 Å². The number of allylic oxidation sites excluding steroid dienone is 1. The predicted octanol–water partition coefficient (Wildman–Crippen LogP) is 0.949. The van der Waals surface area contributed by atoms with Crippen molar-refractivity contribution in [3.05, 3.63) is 11.9 Å². The number of fused-ring (bicyclic) bond motifs is 1. The fraction of sp³-hybridized carbons (Fsp3) is 0.862. The third-order valence-electron chi connectivity index (χ3n) is 10.8. The van der Waals surface area contributed by atoms with Crippen molar-refractivity contribution in [1.82, 2.24) is 25.3 Å². The molecule has 5 rings (SSSR count). The molecule has 0 spiro atoms. The lowest BCUT2D eigenvalue weighted by atomic mass is 9.77. The number of piperazine rings is 1. The van der Waals surface area contributed by atoms with Gasteiger partial charge in [-0.1, -0.05) is 13.8 Å². The zero-order valence-electron chi connectivity index (χ0n) is 24.4. The average molecular weight is 566 g/mol. The molecule has 0 aromatic rings. The Bertz CT molecular complexity index is 985. The summed E-state index contributed by atoms with van der Waals surface area (Å²) in [5.41, 5.74) is 12.3. The smallest absolute Gasteiger partial charge is 0.227 e. The average Bonchev–Trinajstić information content (AvgIpc) is 3.84. The monoisotopic (exact) mass is 565 g/mol. The van der Waals surface area contributed by atoms with E-state index in [4.69, 9.17) is 11.5 Å². The first-order valence-electron chi connectivity index (χ1n) is 15.3. The first-order valence-corrected chi connectivity index (χ1v) is 15.3. The summed E-state index contributed by atoms with van der Waals surface area (Å²) in [4.78, 5) is 32.3. The number of halogens is 2. The molecule has 0 aromatic carbocycles. The van der Waals surface area contributed by atoms with E-state index in [1.165, 1.54) is 0 Å². The summed E-state index contributed by atoms with van der Waals surface area (Å²) in [6.45, 7) is 7.29. The third kappa shape index (κ3) is 5.56. The maximum Gasteiger partial charge on any atom is 0.227 e. The zero-order chi connectivity index (χ0) is 28.8. The summed E-state index contributed by atoms with van der Waals surface area (Å²) >= 11 is 0. The summed E-state index contributed by atoms with van der Waals surface area (Å²) in [5, 5.41) is 6.25. The van der Waals surface area contributed by atoms with Crippen molar-refractivity contribution < 1.29 is 18.4 Å². The van der Waals surface area contributed by atoms with Crippen LogP contribution in [0.15, 0.2) is 11.9 Å². The second kappa shape index (κ2) is 11.6. The molecule has 0 bridgehead atoms. The maximum atomic E-state index is 15.4. The van der Waals surface area contributed by atoms with Crippen molar-refractivity contribution in [1.29, 1.82) is 0 Å². The van der Waals surface area contributed by atoms with E-state index in [1.54, 1.807) is 0 Å². The highest BCUT2D eigenvalue weighted by Gasteiger charge is 2.65. The van der Waals surface area contributed by atoms with Crippen LogP contribution in [0, 0.1) is 22.7 Å². The molecule has 4 fully saturated rings. The first-order chi connectivity index (χ1) is 19.0. The molecular weight excluding hydrogens is 516 g/mol. The van der Waals surface area contributed by atoms with E-state index in [1.807, 2.05) is 22.9 Å². The van der Waals surface area contributed by atoms with Gasteiger partial charge in [-0.25, -0.2) is 8.78 Å². The van der Waals surface area contributed by atoms with Crippen LogP contribution >= 0.6 is 0 Å². The third-order valence-corrected chi connectivity index (χ3v) is 10.8. The summed E-state index contributed by atoms with van der Waals surface area (Å²) in [6, 6.07) is -1.33. The van der Waals surface area contributed by atoms with Crippen LogP contribution < -0.4 is 22.1 Å². The zero-order valence-corrected chi connectivity index (χ0v) is 24.4. The number of nitrogens with zero attached hydrogens (tertiary/aromatic N) is 3. The topological polar surface area (TPSA) is 120 Å². The molecular formula is C29H49F2N7O2. The quantitative estimate of drug-likeness (QED) is 0.324. The van der Waals surface area contributed by atoms with E-state index in [-0.39, 0.29) is 53.5 Å². The Kier molecular flexibility index (Phi) is 8.61. The van der Waals surface area contributed by atoms with Gasteiger partial charge < -0.3 is 27.0 Å². The molecule has 5 aliphatic rings. The minimum atomic E-state index is -1.17. The molecule has 11 heteroatoms. The second-order valence-electron chi connectivity index (χ2n) is 13.1. The molecule has 2 aliphatic carbocycles. The molecule has 2 amide bonds. The van der Waals surface area contributed by atoms with E-state index in [0.29, 0.717) is 39.1 Å². The maximum absolute atomic E-state index is 15.4. The molecule has 3 heterocycles. The SMILES string of the molecule is CCC12C=C(F)CN(C)C(C(C(=O)NC3CNCC(F)C3N3CCN(C(=O)C4CC4)CC3)C(N)N)CC1(CC)C2. The molecule has 2 saturated heterocycles. The number of carbonyl (C=O) groups is 2. The number of rotatable bonds is 8. The number of hydrogen-bond donors (Lipinski definition) is 4. The summed E-state index contributed by atoms with van der Waals surface area (Å²) in [5.74, 6) is -0.870. The molecule has 0 radical (unpaired) electrons. The number of amides is 2. The Balaban J connectivity index is 1.31. The van der Waals surface area contributed by atoms with E-state index < -0.39 is 30.3 Å². The van der Waals surface area contributed by atoms with Crippen LogP contribution in [-0.4, -0.2) is 110 Å². The number of alkyl halides is 1. The van der Waals surface area contributed by atoms with Crippen molar-refractivity contribution in [2.24, 2.45) is 34.1 Å². The van der Waals surface area contributed by atoms with Gasteiger partial charge in [0.25, 0.3) is 0 Å². The van der Waals surface area contributed by atoms with Gasteiger partial charge in [-0.3, -0.25) is 19.4 Å². The highest BCUT2D eigenvalue weighted by Crippen LogP contribution is 2.72. The Hall–Kier alpha value is -1.66. The molecule has 6 N–H and O–H groups in total. The van der Waals surface area contributed by atoms with Crippen molar-refractivity contribution >= 4 is 11.8 Å². The number of nitrogens with two attached hydrogens (primary N) is 2. The molecule has 3 aliphatic heterocycles. The fourth-order valence-corrected chi connectivity index (χ4v) is 8.12. The highest BCUT2D eigenvalue weighted by atomic mass is 19.1. The Morgan fingerprint density at radius 3 is 2.45 bits per heavy atom. The minimum Gasteiger partial charge on any atom is -0.350 e. The number of nitrogens with one attached hydrogen (secondary N) is 2. The lowest BCUT2D eigenvalue weighted by Gasteiger charge is -2.46. The van der Waals surface area contributed by atoms with Crippen molar-refractivity contribution in [2.75, 3.05) is 52.9 Å². The molecule has 9 nitrogen and oxygen atoms in total. The molecule has 7 atom stereocenters. The normalized spacial score (nSPS) is 38.2. The van der Waals surface area contributed by atoms with Crippen LogP contribution in [0.1, 0.15) is 52.4 Å². The summed E-state index contributed by atoms with van der Waals surface area (Å²) < 4.78 is 30.5. The molecule has 40 heavy (non-hydrogen) atoms. The van der Waals surface area contributed by atoms with E-state index in [9.17, 15) is 9.59 Å². The molecule has 226 valence electrons. The fourth-order valence-electron chi connectivity index (χ4n) is 8.12. The van der Waals surface area contributed by atoms with E-state index >= 15 is 8.78 Å². The summed E-state index contributed by atoms with van der Waals surface area (Å²) in [7, 11) is 1.83. The van der Waals surface area contributed by atoms with Crippen molar-refractivity contribution in [3.8, 4) is 0 Å². The number of carbonyl (C=O) groups excluding carboxylic acids is 2. The van der Waals surface area contributed by atoms with Gasteiger partial charge in [-0.2, -0.15) is 0 Å². The minimum absolute atomic E-state index is 0.0948. The highest BCUT2D eigenvalue weighted by molar-refractivity contribution is 5.81. The molecule has 2 saturated carbocycles. The van der Waals surface area contributed by atoms with Gasteiger partial charge >= 0.3 is 0 Å². The van der Waals surface area contributed by atoms with E-state index in [2.05, 4.69) is 29.4 Å². The predicted molar refractivity (Wildman–Crippen MR) is 150 cm³/mol. The Morgan fingerprint density at radius 1 is 1.15 bits per heavy atom. The second-order valence-corrected chi connectivity index (χ2v) is 13.1. The van der Waals surface area contributed by atoms with Crippen molar-refractivity contribution in [3.63, 3.8) is 0 Å². The Labute approximate surface area is 237 Å². The van der Waals surface area contributed by atoms with Crippen LogP contribution in [0.2, 0.25) is 0 Å². The first kappa shape index (κ1) is 29.8. The van der Waals surface area contributed by atoms with Crippen LogP contribution in [0.5, 0.6) is 0 Å². The van der Waals surface area contributed by atoms with Gasteiger partial charge in [0.15, 0.2) is 0 Å². The van der Waals surface area contributed by atoms with Gasteiger partial charge in [0.2, 0.25) is 11.8 Å².